The molecule has 9 heteroatoms. The first kappa shape index (κ1) is 17.9. The minimum absolute atomic E-state index is 0.0332. The molecule has 3 amide bonds. The fraction of sp³-hybridized carbons (Fsp3) is 0.235. The second-order valence-corrected chi connectivity index (χ2v) is 8.19. The summed E-state index contributed by atoms with van der Waals surface area (Å²) in [6.45, 7) is 0. The van der Waals surface area contributed by atoms with Crippen LogP contribution < -0.4 is 16.0 Å². The fourth-order valence-corrected chi connectivity index (χ4v) is 4.28. The van der Waals surface area contributed by atoms with Crippen molar-refractivity contribution in [1.82, 2.24) is 10.3 Å². The van der Waals surface area contributed by atoms with E-state index in [1.165, 1.54) is 0 Å². The SMILES string of the molecule is O=C(Nc1ccc(C(=O)Nc2ccncc2)cc1)NC1CCS(=O)(=O)C1. The number of nitrogens with zero attached hydrogens (tertiary/aromatic N) is 1. The van der Waals surface area contributed by atoms with E-state index in [0.717, 1.165) is 0 Å². The van der Waals surface area contributed by atoms with Crippen molar-refractivity contribution in [2.24, 2.45) is 0 Å². The molecule has 1 fully saturated rings. The smallest absolute Gasteiger partial charge is 0.319 e. The van der Waals surface area contributed by atoms with Crippen LogP contribution in [0.4, 0.5) is 16.2 Å². The van der Waals surface area contributed by atoms with Gasteiger partial charge in [-0.05, 0) is 42.8 Å². The molecular weight excluding hydrogens is 356 g/mol. The van der Waals surface area contributed by atoms with Crippen LogP contribution in [0.2, 0.25) is 0 Å². The molecule has 0 saturated carbocycles. The van der Waals surface area contributed by atoms with Gasteiger partial charge >= 0.3 is 6.03 Å². The van der Waals surface area contributed by atoms with Gasteiger partial charge in [0, 0.05) is 35.4 Å². The molecule has 1 aliphatic heterocycles. The van der Waals surface area contributed by atoms with Crippen LogP contribution in [0.15, 0.2) is 48.8 Å². The topological polar surface area (TPSA) is 117 Å². The van der Waals surface area contributed by atoms with Crippen molar-refractivity contribution in [2.75, 3.05) is 22.1 Å². The van der Waals surface area contributed by atoms with Gasteiger partial charge in [-0.3, -0.25) is 9.78 Å². The number of pyridine rings is 1. The molecule has 1 atom stereocenters. The van der Waals surface area contributed by atoms with E-state index in [1.807, 2.05) is 0 Å². The van der Waals surface area contributed by atoms with Crippen LogP contribution in [-0.4, -0.2) is 42.9 Å². The van der Waals surface area contributed by atoms with E-state index in [2.05, 4.69) is 20.9 Å². The molecule has 1 aliphatic rings. The third-order valence-electron chi connectivity index (χ3n) is 3.91. The molecule has 2 heterocycles. The summed E-state index contributed by atoms with van der Waals surface area (Å²) in [6, 6.07) is 8.91. The van der Waals surface area contributed by atoms with E-state index in [9.17, 15) is 18.0 Å². The van der Waals surface area contributed by atoms with Gasteiger partial charge in [0.15, 0.2) is 9.84 Å². The third-order valence-corrected chi connectivity index (χ3v) is 5.68. The largest absolute Gasteiger partial charge is 0.334 e. The Morgan fingerprint density at radius 1 is 0.962 bits per heavy atom. The Labute approximate surface area is 150 Å². The standard InChI is InChI=1S/C17H18N4O4S/c22-16(19-14-5-8-18-9-6-14)12-1-3-13(4-2-12)20-17(23)21-15-7-10-26(24,25)11-15/h1-6,8-9,15H,7,10-11H2,(H,18,19,22)(H2,20,21,23). The number of aromatic nitrogens is 1. The van der Waals surface area contributed by atoms with Crippen molar-refractivity contribution in [3.63, 3.8) is 0 Å². The second-order valence-electron chi connectivity index (χ2n) is 5.97. The molecular formula is C17H18N4O4S. The number of carbonyl (C=O) groups excluding carboxylic acids is 2. The number of hydrogen-bond acceptors (Lipinski definition) is 5. The highest BCUT2D eigenvalue weighted by atomic mass is 32.2. The Hall–Kier alpha value is -2.94. The molecule has 1 aromatic carbocycles. The van der Waals surface area contributed by atoms with E-state index >= 15 is 0 Å². The molecule has 3 N–H and O–H groups in total. The minimum atomic E-state index is -3.05. The Balaban J connectivity index is 1.54. The Bertz CT molecular complexity index is 898. The molecule has 0 aliphatic carbocycles. The second kappa shape index (κ2) is 7.52. The maximum Gasteiger partial charge on any atom is 0.319 e. The highest BCUT2D eigenvalue weighted by Gasteiger charge is 2.28. The monoisotopic (exact) mass is 374 g/mol. The maximum absolute atomic E-state index is 12.2. The van der Waals surface area contributed by atoms with Crippen LogP contribution in [0.25, 0.3) is 0 Å². The molecule has 1 saturated heterocycles. The quantitative estimate of drug-likeness (QED) is 0.752. The van der Waals surface area contributed by atoms with Crippen LogP contribution >= 0.6 is 0 Å². The number of benzene rings is 1. The number of hydrogen-bond donors (Lipinski definition) is 3. The van der Waals surface area contributed by atoms with Crippen molar-refractivity contribution in [3.05, 3.63) is 54.4 Å². The van der Waals surface area contributed by atoms with Crippen molar-refractivity contribution in [3.8, 4) is 0 Å². The summed E-state index contributed by atoms with van der Waals surface area (Å²) < 4.78 is 22.8. The first-order valence-corrected chi connectivity index (χ1v) is 9.83. The summed E-state index contributed by atoms with van der Waals surface area (Å²) >= 11 is 0. The summed E-state index contributed by atoms with van der Waals surface area (Å²) in [5, 5.41) is 8.00. The normalized spacial score (nSPS) is 18.1. The van der Waals surface area contributed by atoms with Gasteiger partial charge in [-0.1, -0.05) is 0 Å². The molecule has 1 unspecified atom stereocenters. The number of nitrogens with one attached hydrogen (secondary N) is 3. The zero-order chi connectivity index (χ0) is 18.6. The van der Waals surface area contributed by atoms with Gasteiger partial charge in [-0.2, -0.15) is 0 Å². The van der Waals surface area contributed by atoms with E-state index < -0.39 is 15.9 Å². The number of carbonyl (C=O) groups is 2. The summed E-state index contributed by atoms with van der Waals surface area (Å²) in [6.07, 6.45) is 3.58. The summed E-state index contributed by atoms with van der Waals surface area (Å²) in [5.41, 5.74) is 1.58. The van der Waals surface area contributed by atoms with Crippen LogP contribution in [0, 0.1) is 0 Å². The predicted octanol–water partition coefficient (Wildman–Crippen LogP) is 1.64. The molecule has 26 heavy (non-hydrogen) atoms. The van der Waals surface area contributed by atoms with Gasteiger partial charge in [0.2, 0.25) is 0 Å². The average Bonchev–Trinajstić information content (AvgIpc) is 2.94. The van der Waals surface area contributed by atoms with Crippen molar-refractivity contribution < 1.29 is 18.0 Å². The molecule has 8 nitrogen and oxygen atoms in total. The summed E-state index contributed by atoms with van der Waals surface area (Å²) in [4.78, 5) is 28.0. The molecule has 2 aromatic rings. The lowest BCUT2D eigenvalue weighted by Gasteiger charge is -2.12. The number of urea groups is 1. The van der Waals surface area contributed by atoms with Gasteiger partial charge in [0.25, 0.3) is 5.91 Å². The van der Waals surface area contributed by atoms with Gasteiger partial charge in [0.05, 0.1) is 11.5 Å². The molecule has 0 radical (unpaired) electrons. The van der Waals surface area contributed by atoms with E-state index in [-0.39, 0.29) is 23.5 Å². The van der Waals surface area contributed by atoms with Crippen LogP contribution in [0.5, 0.6) is 0 Å². The third kappa shape index (κ3) is 4.79. The highest BCUT2D eigenvalue weighted by Crippen LogP contribution is 2.14. The molecule has 0 bridgehead atoms. The number of anilines is 2. The van der Waals surface area contributed by atoms with Crippen molar-refractivity contribution in [2.45, 2.75) is 12.5 Å². The number of amides is 3. The summed E-state index contributed by atoms with van der Waals surface area (Å²) in [7, 11) is -3.05. The Kier molecular flexibility index (Phi) is 5.17. The Morgan fingerprint density at radius 2 is 1.62 bits per heavy atom. The van der Waals surface area contributed by atoms with Gasteiger partial charge < -0.3 is 16.0 Å². The Morgan fingerprint density at radius 3 is 2.23 bits per heavy atom. The fourth-order valence-electron chi connectivity index (χ4n) is 2.60. The lowest BCUT2D eigenvalue weighted by Crippen LogP contribution is -2.38. The first-order chi connectivity index (χ1) is 12.4. The zero-order valence-corrected chi connectivity index (χ0v) is 14.6. The maximum atomic E-state index is 12.2. The lowest BCUT2D eigenvalue weighted by molar-refractivity contribution is 0.102. The first-order valence-electron chi connectivity index (χ1n) is 8.01. The van der Waals surface area contributed by atoms with Crippen molar-refractivity contribution >= 4 is 33.2 Å². The van der Waals surface area contributed by atoms with Crippen molar-refractivity contribution in [1.29, 1.82) is 0 Å². The minimum Gasteiger partial charge on any atom is -0.334 e. The molecule has 1 aromatic heterocycles. The molecule has 3 rings (SSSR count). The predicted molar refractivity (Wildman–Crippen MR) is 97.8 cm³/mol. The van der Waals surface area contributed by atoms with Crippen LogP contribution in [-0.2, 0) is 9.84 Å². The van der Waals surface area contributed by atoms with E-state index in [4.69, 9.17) is 0 Å². The van der Waals surface area contributed by atoms with E-state index in [0.29, 0.717) is 23.4 Å². The van der Waals surface area contributed by atoms with Gasteiger partial charge in [-0.25, -0.2) is 13.2 Å². The van der Waals surface area contributed by atoms with Crippen LogP contribution in [0.3, 0.4) is 0 Å². The number of rotatable bonds is 4. The number of sulfone groups is 1. The van der Waals surface area contributed by atoms with Gasteiger partial charge in [0.1, 0.15) is 0 Å². The molecule has 0 spiro atoms. The average molecular weight is 374 g/mol. The highest BCUT2D eigenvalue weighted by molar-refractivity contribution is 7.91. The van der Waals surface area contributed by atoms with Crippen LogP contribution in [0.1, 0.15) is 16.8 Å². The molecule has 136 valence electrons. The van der Waals surface area contributed by atoms with Gasteiger partial charge in [-0.15, -0.1) is 0 Å². The summed E-state index contributed by atoms with van der Waals surface area (Å²) in [5.74, 6) is -0.211. The zero-order valence-electron chi connectivity index (χ0n) is 13.8. The van der Waals surface area contributed by atoms with E-state index in [1.54, 1.807) is 48.8 Å². The lowest BCUT2D eigenvalue weighted by atomic mass is 10.2.